The van der Waals surface area contributed by atoms with Gasteiger partial charge in [0.2, 0.25) is 10.0 Å². The second-order valence-electron chi connectivity index (χ2n) is 8.20. The van der Waals surface area contributed by atoms with E-state index in [1.54, 1.807) is 18.2 Å². The zero-order chi connectivity index (χ0) is 24.5. The minimum atomic E-state index is -3.79. The van der Waals surface area contributed by atoms with Gasteiger partial charge in [0.1, 0.15) is 11.9 Å². The van der Waals surface area contributed by atoms with Crippen molar-refractivity contribution in [3.63, 3.8) is 0 Å². The Bertz CT molecular complexity index is 1390. The summed E-state index contributed by atoms with van der Waals surface area (Å²) in [5.74, 6) is -1.84. The number of benzene rings is 2. The Hall–Kier alpha value is -2.97. The Morgan fingerprint density at radius 2 is 1.79 bits per heavy atom. The van der Waals surface area contributed by atoms with Crippen LogP contribution in [0.1, 0.15) is 32.0 Å². The van der Waals surface area contributed by atoms with E-state index in [2.05, 4.69) is 11.0 Å². The van der Waals surface area contributed by atoms with Crippen molar-refractivity contribution in [2.24, 2.45) is 5.14 Å². The first kappa shape index (κ1) is 24.2. The SMILES string of the molecule is N#Cc1c(CC(=O)Cc2ccc(S(N)(=O)=O)cc2)sc2c1CCN(Cc1ccc(F)c(F)c1)C2. The molecule has 1 aliphatic rings. The average molecular weight is 502 g/mol. The van der Waals surface area contributed by atoms with Crippen LogP contribution in [0.25, 0.3) is 0 Å². The zero-order valence-electron chi connectivity index (χ0n) is 18.1. The summed E-state index contributed by atoms with van der Waals surface area (Å²) in [6, 6.07) is 11.9. The fourth-order valence-electron chi connectivity index (χ4n) is 4.06. The molecule has 0 spiro atoms. The maximum absolute atomic E-state index is 13.5. The van der Waals surface area contributed by atoms with Crippen LogP contribution in [0.15, 0.2) is 47.4 Å². The molecule has 2 N–H and O–H groups in total. The van der Waals surface area contributed by atoms with Gasteiger partial charge in [0.25, 0.3) is 0 Å². The summed E-state index contributed by atoms with van der Waals surface area (Å²) < 4.78 is 49.5. The quantitative estimate of drug-likeness (QED) is 0.534. The smallest absolute Gasteiger partial charge is 0.238 e. The number of Topliss-reactive ketones (excluding diaryl/α,β-unsaturated/α-hetero) is 1. The predicted molar refractivity (Wildman–Crippen MR) is 123 cm³/mol. The number of hydrogen-bond acceptors (Lipinski definition) is 6. The first-order valence-electron chi connectivity index (χ1n) is 10.5. The molecule has 1 aromatic heterocycles. The van der Waals surface area contributed by atoms with Crippen molar-refractivity contribution in [3.8, 4) is 6.07 Å². The van der Waals surface area contributed by atoms with E-state index in [0.29, 0.717) is 47.6 Å². The Morgan fingerprint density at radius 3 is 2.44 bits per heavy atom. The number of halogens is 2. The summed E-state index contributed by atoms with van der Waals surface area (Å²) in [4.78, 5) is 16.5. The molecule has 0 radical (unpaired) electrons. The number of sulfonamides is 1. The number of nitrogens with two attached hydrogens (primary N) is 1. The van der Waals surface area contributed by atoms with Gasteiger partial charge in [-0.3, -0.25) is 9.69 Å². The third-order valence-electron chi connectivity index (χ3n) is 5.72. The largest absolute Gasteiger partial charge is 0.299 e. The molecule has 0 fully saturated rings. The van der Waals surface area contributed by atoms with Crippen molar-refractivity contribution in [1.82, 2.24) is 4.90 Å². The van der Waals surface area contributed by atoms with Gasteiger partial charge < -0.3 is 0 Å². The molecule has 1 aliphatic heterocycles. The summed E-state index contributed by atoms with van der Waals surface area (Å²) in [5.41, 5.74) is 2.83. The van der Waals surface area contributed by atoms with Crippen molar-refractivity contribution in [2.45, 2.75) is 37.2 Å². The van der Waals surface area contributed by atoms with Crippen LogP contribution in [-0.4, -0.2) is 25.6 Å². The number of rotatable bonds is 7. The lowest BCUT2D eigenvalue weighted by molar-refractivity contribution is -0.117. The second-order valence-corrected chi connectivity index (χ2v) is 11.0. The lowest BCUT2D eigenvalue weighted by Gasteiger charge is -2.26. The lowest BCUT2D eigenvalue weighted by Crippen LogP contribution is -2.29. The average Bonchev–Trinajstić information content (AvgIpc) is 3.12. The predicted octanol–water partition coefficient (Wildman–Crippen LogP) is 3.46. The topological polar surface area (TPSA) is 104 Å². The molecule has 3 aromatic rings. The highest BCUT2D eigenvalue weighted by molar-refractivity contribution is 7.89. The maximum atomic E-state index is 13.5. The lowest BCUT2D eigenvalue weighted by atomic mass is 9.99. The number of nitrogens with zero attached hydrogens (tertiary/aromatic N) is 2. The molecule has 176 valence electrons. The Balaban J connectivity index is 1.44. The van der Waals surface area contributed by atoms with Gasteiger partial charge in [-0.05, 0) is 47.4 Å². The van der Waals surface area contributed by atoms with Crippen LogP contribution < -0.4 is 5.14 Å². The summed E-state index contributed by atoms with van der Waals surface area (Å²) in [5, 5.41) is 14.8. The number of nitriles is 1. The zero-order valence-corrected chi connectivity index (χ0v) is 19.7. The molecule has 0 amide bonds. The van der Waals surface area contributed by atoms with Crippen molar-refractivity contribution >= 4 is 27.1 Å². The van der Waals surface area contributed by atoms with Crippen molar-refractivity contribution in [1.29, 1.82) is 5.26 Å². The van der Waals surface area contributed by atoms with Crippen molar-refractivity contribution in [2.75, 3.05) is 6.54 Å². The molecule has 2 heterocycles. The summed E-state index contributed by atoms with van der Waals surface area (Å²) >= 11 is 1.44. The van der Waals surface area contributed by atoms with Crippen molar-refractivity contribution in [3.05, 3.63) is 86.1 Å². The molecule has 2 aromatic carbocycles. The molecule has 0 atom stereocenters. The van der Waals surface area contributed by atoms with E-state index in [0.717, 1.165) is 16.5 Å². The molecular weight excluding hydrogens is 480 g/mol. The van der Waals surface area contributed by atoms with Gasteiger partial charge in [-0.25, -0.2) is 22.3 Å². The molecule has 34 heavy (non-hydrogen) atoms. The van der Waals surface area contributed by atoms with Gasteiger partial charge >= 0.3 is 0 Å². The van der Waals surface area contributed by atoms with E-state index < -0.39 is 21.7 Å². The molecule has 0 saturated heterocycles. The van der Waals surface area contributed by atoms with E-state index in [1.807, 2.05) is 0 Å². The van der Waals surface area contributed by atoms with Gasteiger partial charge in [-0.2, -0.15) is 5.26 Å². The molecule has 6 nitrogen and oxygen atoms in total. The fraction of sp³-hybridized carbons (Fsp3) is 0.250. The Kier molecular flexibility index (Phi) is 6.91. The molecule has 0 unspecified atom stereocenters. The van der Waals surface area contributed by atoms with Crippen LogP contribution in [0.5, 0.6) is 0 Å². The van der Waals surface area contributed by atoms with Crippen LogP contribution in [0.2, 0.25) is 0 Å². The minimum absolute atomic E-state index is 0.0191. The minimum Gasteiger partial charge on any atom is -0.299 e. The highest BCUT2D eigenvalue weighted by Crippen LogP contribution is 2.34. The van der Waals surface area contributed by atoms with E-state index >= 15 is 0 Å². The highest BCUT2D eigenvalue weighted by Gasteiger charge is 2.25. The van der Waals surface area contributed by atoms with Gasteiger partial charge in [0.15, 0.2) is 11.6 Å². The Morgan fingerprint density at radius 1 is 1.09 bits per heavy atom. The van der Waals surface area contributed by atoms with Crippen LogP contribution in [-0.2, 0) is 47.2 Å². The van der Waals surface area contributed by atoms with Crippen LogP contribution in [0.3, 0.4) is 0 Å². The number of carbonyl (C=O) groups is 1. The molecule has 0 aliphatic carbocycles. The molecule has 4 rings (SSSR count). The van der Waals surface area contributed by atoms with E-state index in [4.69, 9.17) is 5.14 Å². The normalized spacial score (nSPS) is 13.9. The number of primary sulfonamides is 1. The van der Waals surface area contributed by atoms with Crippen LogP contribution >= 0.6 is 11.3 Å². The van der Waals surface area contributed by atoms with Crippen molar-refractivity contribution < 1.29 is 22.0 Å². The van der Waals surface area contributed by atoms with Gasteiger partial charge in [0.05, 0.1) is 10.5 Å². The number of thiophene rings is 1. The standard InChI is InChI=1S/C24H21F2N3O3S2/c25-21-6-3-16(10-22(21)26)13-29-8-7-19-20(12-27)23(33-24(19)14-29)11-17(30)9-15-1-4-18(5-2-15)34(28,31)32/h1-6,10H,7-9,11,13-14H2,(H2,28,31,32). The first-order valence-corrected chi connectivity index (χ1v) is 12.8. The Labute approximate surface area is 200 Å². The summed E-state index contributed by atoms with van der Waals surface area (Å²) in [7, 11) is -3.79. The van der Waals surface area contributed by atoms with Gasteiger partial charge in [-0.15, -0.1) is 11.3 Å². The number of hydrogen-bond donors (Lipinski definition) is 1. The second kappa shape index (κ2) is 9.72. The van der Waals surface area contributed by atoms with E-state index in [-0.39, 0.29) is 23.5 Å². The van der Waals surface area contributed by atoms with E-state index in [1.165, 1.54) is 29.5 Å². The summed E-state index contributed by atoms with van der Waals surface area (Å²) in [6.45, 7) is 1.69. The number of carbonyl (C=O) groups excluding carboxylic acids is 1. The summed E-state index contributed by atoms with van der Waals surface area (Å²) in [6.07, 6.45) is 0.864. The monoisotopic (exact) mass is 501 g/mol. The molecule has 0 saturated carbocycles. The highest BCUT2D eigenvalue weighted by atomic mass is 32.2. The third-order valence-corrected chi connectivity index (χ3v) is 7.87. The maximum Gasteiger partial charge on any atom is 0.238 e. The van der Waals surface area contributed by atoms with Crippen LogP contribution in [0, 0.1) is 23.0 Å². The van der Waals surface area contributed by atoms with E-state index in [9.17, 15) is 27.3 Å². The third kappa shape index (κ3) is 5.39. The molecule has 10 heteroatoms. The first-order chi connectivity index (χ1) is 16.1. The fourth-order valence-corrected chi connectivity index (χ4v) is 5.96. The molecular formula is C24H21F2N3O3S2. The van der Waals surface area contributed by atoms with Gasteiger partial charge in [0, 0.05) is 42.2 Å². The van der Waals surface area contributed by atoms with Gasteiger partial charge in [-0.1, -0.05) is 18.2 Å². The number of fused-ring (bicyclic) bond motifs is 1. The molecule has 0 bridgehead atoms. The number of ketones is 1. The van der Waals surface area contributed by atoms with Crippen LogP contribution in [0.4, 0.5) is 8.78 Å².